The van der Waals surface area contributed by atoms with Crippen LogP contribution in [0.25, 0.3) is 0 Å². The predicted octanol–water partition coefficient (Wildman–Crippen LogP) is 0.443. The van der Waals surface area contributed by atoms with Gasteiger partial charge in [-0.3, -0.25) is 24.0 Å². The zero-order valence-corrected chi connectivity index (χ0v) is 23.5. The highest BCUT2D eigenvalue weighted by Crippen LogP contribution is 2.33. The van der Waals surface area contributed by atoms with E-state index < -0.39 is 54.8 Å². The average Bonchev–Trinajstić information content (AvgIpc) is 3.49. The van der Waals surface area contributed by atoms with Crippen LogP contribution in [-0.2, 0) is 30.4 Å². The number of nitrogens with one attached hydrogen (secondary N) is 5. The van der Waals surface area contributed by atoms with Gasteiger partial charge in [0.05, 0.1) is 18.5 Å². The number of hydrogen-bond acceptors (Lipinski definition) is 7. The number of carboxylic acid groups (broad SMARTS) is 1. The molecule has 0 spiro atoms. The number of alkyl halides is 1. The smallest absolute Gasteiger partial charge is 0.315 e. The number of unbranched alkanes of at least 4 members (excludes halogenated alkanes) is 1. The van der Waals surface area contributed by atoms with Gasteiger partial charge in [0.15, 0.2) is 5.78 Å². The largest absolute Gasteiger partial charge is 0.481 e. The van der Waals surface area contributed by atoms with Crippen molar-refractivity contribution in [3.05, 3.63) is 35.9 Å². The van der Waals surface area contributed by atoms with Gasteiger partial charge >= 0.3 is 12.0 Å². The summed E-state index contributed by atoms with van der Waals surface area (Å²) in [6.45, 7) is -0.112. The Bertz CT molecular complexity index is 1120. The van der Waals surface area contributed by atoms with Gasteiger partial charge in [-0.25, -0.2) is 9.18 Å². The topological polar surface area (TPSA) is 183 Å². The van der Waals surface area contributed by atoms with E-state index in [0.29, 0.717) is 6.42 Å². The molecule has 2 aliphatic rings. The van der Waals surface area contributed by atoms with Crippen molar-refractivity contribution in [2.45, 2.75) is 80.9 Å². The number of Topliss-reactive ketones (excluding diaryl/α,β-unsaturated/α-hetero) is 1. The number of carbonyl (C=O) groups is 6. The van der Waals surface area contributed by atoms with Crippen LogP contribution in [-0.4, -0.2) is 88.5 Å². The Kier molecular flexibility index (Phi) is 11.9. The Morgan fingerprint density at radius 1 is 1.02 bits per heavy atom. The number of thioether (sulfide) groups is 1. The van der Waals surface area contributed by atoms with Crippen LogP contribution in [0.15, 0.2) is 30.3 Å². The number of carboxylic acids is 1. The molecule has 0 aliphatic carbocycles. The molecule has 41 heavy (non-hydrogen) atoms. The van der Waals surface area contributed by atoms with Crippen LogP contribution in [0.2, 0.25) is 0 Å². The molecule has 3 rings (SSSR count). The second-order valence-electron chi connectivity index (χ2n) is 10.2. The molecule has 0 unspecified atom stereocenters. The summed E-state index contributed by atoms with van der Waals surface area (Å²) in [6.07, 6.45) is 1.75. The maximum absolute atomic E-state index is 13.1. The third kappa shape index (κ3) is 9.73. The van der Waals surface area contributed by atoms with E-state index in [1.54, 1.807) is 36.0 Å². The molecule has 2 heterocycles. The first-order valence-electron chi connectivity index (χ1n) is 13.5. The highest BCUT2D eigenvalue weighted by Gasteiger charge is 2.42. The fourth-order valence-corrected chi connectivity index (χ4v) is 6.33. The molecule has 0 aromatic heterocycles. The normalized spacial score (nSPS) is 21.4. The Labute approximate surface area is 241 Å². The summed E-state index contributed by atoms with van der Waals surface area (Å²) in [5, 5.41) is 22.5. The Morgan fingerprint density at radius 2 is 1.76 bits per heavy atom. The van der Waals surface area contributed by atoms with Gasteiger partial charge < -0.3 is 31.7 Å². The van der Waals surface area contributed by atoms with Crippen LogP contribution in [0.3, 0.4) is 0 Å². The SMILES string of the molecule is C[C@H](NC(=O)[C@H](Cc1ccccc1)NC(=O)CCCC[C@@H]1SC[C@@H]2NC(=O)N[C@@H]21)C(=O)N[C@@H](CC(=O)O)C(=O)CF. The molecule has 224 valence electrons. The number of hydrogen-bond donors (Lipinski definition) is 6. The number of aliphatic carboxylic acids is 1. The number of benzene rings is 1. The molecule has 14 heteroatoms. The maximum atomic E-state index is 13.1. The maximum Gasteiger partial charge on any atom is 0.315 e. The van der Waals surface area contributed by atoms with Crippen molar-refractivity contribution in [3.8, 4) is 0 Å². The van der Waals surface area contributed by atoms with Gasteiger partial charge in [0, 0.05) is 23.8 Å². The summed E-state index contributed by atoms with van der Waals surface area (Å²) in [5.41, 5.74) is 0.778. The highest BCUT2D eigenvalue weighted by atomic mass is 32.2. The van der Waals surface area contributed by atoms with Gasteiger partial charge in [-0.15, -0.1) is 0 Å². The van der Waals surface area contributed by atoms with E-state index in [2.05, 4.69) is 26.6 Å². The lowest BCUT2D eigenvalue weighted by molar-refractivity contribution is -0.140. The van der Waals surface area contributed by atoms with Crippen LogP contribution >= 0.6 is 11.8 Å². The lowest BCUT2D eigenvalue weighted by Crippen LogP contribution is -2.55. The first-order valence-corrected chi connectivity index (χ1v) is 14.6. The fraction of sp³-hybridized carbons (Fsp3) is 0.556. The van der Waals surface area contributed by atoms with Crippen LogP contribution in [0.5, 0.6) is 0 Å². The van der Waals surface area contributed by atoms with Crippen LogP contribution in [0, 0.1) is 0 Å². The number of carbonyl (C=O) groups excluding carboxylic acids is 5. The van der Waals surface area contributed by atoms with E-state index in [1.807, 2.05) is 6.07 Å². The summed E-state index contributed by atoms with van der Waals surface area (Å²) in [5.74, 6) is -3.47. The summed E-state index contributed by atoms with van der Waals surface area (Å²) in [4.78, 5) is 72.7. The molecular weight excluding hydrogens is 557 g/mol. The standard InChI is InChI=1S/C27H36FN5O7S/c1-15(25(38)31-17(12-23(36)37)20(34)13-28)29-26(39)18(11-16-7-3-2-4-8-16)30-22(35)10-6-5-9-21-24-19(14-41-21)32-27(40)33-24/h2-4,7-8,15,17-19,21,24H,5-6,9-14H2,1H3,(H,29,39)(H,30,35)(H,31,38)(H,36,37)(H2,32,33,40)/t15-,17-,18-,19-,21-,24-/m0/s1. The van der Waals surface area contributed by atoms with Crippen molar-refractivity contribution in [1.82, 2.24) is 26.6 Å². The number of halogens is 1. The second kappa shape index (κ2) is 15.4. The van der Waals surface area contributed by atoms with Crippen molar-refractivity contribution >= 4 is 47.3 Å². The number of rotatable bonds is 16. The van der Waals surface area contributed by atoms with Gasteiger partial charge in [0.2, 0.25) is 17.7 Å². The molecular formula is C27H36FN5O7S. The molecule has 0 saturated carbocycles. The summed E-state index contributed by atoms with van der Waals surface area (Å²) in [6, 6.07) is 5.30. The Hall–Kier alpha value is -3.68. The van der Waals surface area contributed by atoms with E-state index in [-0.39, 0.29) is 42.1 Å². The lowest BCUT2D eigenvalue weighted by Gasteiger charge is -2.23. The highest BCUT2D eigenvalue weighted by molar-refractivity contribution is 8.00. The van der Waals surface area contributed by atoms with Gasteiger partial charge in [-0.1, -0.05) is 36.8 Å². The summed E-state index contributed by atoms with van der Waals surface area (Å²) >= 11 is 1.80. The Morgan fingerprint density at radius 3 is 2.44 bits per heavy atom. The van der Waals surface area contributed by atoms with E-state index in [0.717, 1.165) is 24.2 Å². The number of urea groups is 1. The molecule has 1 aromatic carbocycles. The monoisotopic (exact) mass is 593 g/mol. The minimum absolute atomic E-state index is 0.0916. The van der Waals surface area contributed by atoms with Gasteiger partial charge in [0.1, 0.15) is 24.8 Å². The quantitative estimate of drug-likeness (QED) is 0.118. The first-order chi connectivity index (χ1) is 19.6. The van der Waals surface area contributed by atoms with Crippen molar-refractivity contribution < 1.29 is 38.3 Å². The zero-order valence-electron chi connectivity index (χ0n) is 22.7. The molecule has 2 fully saturated rings. The van der Waals surface area contributed by atoms with Gasteiger partial charge in [-0.05, 0) is 25.3 Å². The van der Waals surface area contributed by atoms with E-state index in [1.165, 1.54) is 6.92 Å². The third-order valence-corrected chi connectivity index (χ3v) is 8.49. The van der Waals surface area contributed by atoms with Gasteiger partial charge in [-0.2, -0.15) is 11.8 Å². The van der Waals surface area contributed by atoms with Crippen LogP contribution < -0.4 is 26.6 Å². The molecule has 12 nitrogen and oxygen atoms in total. The minimum atomic E-state index is -1.57. The number of fused-ring (bicyclic) bond motifs is 1. The number of ketones is 1. The van der Waals surface area contributed by atoms with E-state index in [9.17, 15) is 33.2 Å². The molecule has 6 N–H and O–H groups in total. The molecule has 0 bridgehead atoms. The molecule has 2 aliphatic heterocycles. The summed E-state index contributed by atoms with van der Waals surface area (Å²) < 4.78 is 12.8. The molecule has 2 saturated heterocycles. The van der Waals surface area contributed by atoms with E-state index in [4.69, 9.17) is 5.11 Å². The molecule has 1 aromatic rings. The molecule has 6 atom stereocenters. The second-order valence-corrected chi connectivity index (χ2v) is 11.4. The van der Waals surface area contributed by atoms with Crippen molar-refractivity contribution in [3.63, 3.8) is 0 Å². The lowest BCUT2D eigenvalue weighted by atomic mass is 10.0. The zero-order chi connectivity index (χ0) is 29.9. The molecule has 0 radical (unpaired) electrons. The van der Waals surface area contributed by atoms with Crippen LogP contribution in [0.1, 0.15) is 44.6 Å². The predicted molar refractivity (Wildman–Crippen MR) is 149 cm³/mol. The minimum Gasteiger partial charge on any atom is -0.481 e. The average molecular weight is 594 g/mol. The van der Waals surface area contributed by atoms with Crippen LogP contribution in [0.4, 0.5) is 9.18 Å². The molecule has 5 amide bonds. The fourth-order valence-electron chi connectivity index (χ4n) is 4.79. The Balaban J connectivity index is 1.52. The van der Waals surface area contributed by atoms with Crippen molar-refractivity contribution in [2.75, 3.05) is 12.4 Å². The summed E-state index contributed by atoms with van der Waals surface area (Å²) in [7, 11) is 0. The third-order valence-electron chi connectivity index (χ3n) is 6.98. The van der Waals surface area contributed by atoms with Crippen molar-refractivity contribution in [1.29, 1.82) is 0 Å². The first kappa shape index (κ1) is 31.8. The van der Waals surface area contributed by atoms with E-state index >= 15 is 0 Å². The van der Waals surface area contributed by atoms with Crippen molar-refractivity contribution in [2.24, 2.45) is 0 Å². The number of amides is 5. The van der Waals surface area contributed by atoms with Gasteiger partial charge in [0.25, 0.3) is 0 Å².